The number of rotatable bonds is 4. The normalized spacial score (nSPS) is 14.1. The Balaban J connectivity index is 1.69. The van der Waals surface area contributed by atoms with E-state index < -0.39 is 0 Å². The Kier molecular flexibility index (Phi) is 5.09. The molecule has 0 unspecified atom stereocenters. The summed E-state index contributed by atoms with van der Waals surface area (Å²) in [6.07, 6.45) is 3.40. The number of pyridine rings is 2. The largest absolute Gasteiger partial charge is 0.366 e. The van der Waals surface area contributed by atoms with Gasteiger partial charge in [0.15, 0.2) is 0 Å². The standard InChI is InChI=1S/C18H20N6O/c1-14(25)23-7-9-24(10-8-23)18-16(3-2-5-21-18)13-22-17-11-15(12-19)4-6-20-17/h2-6,11H,7-10,13H2,1H3,(H,20,22). The van der Waals surface area contributed by atoms with Gasteiger partial charge in [-0.25, -0.2) is 9.97 Å². The number of nitriles is 1. The van der Waals surface area contributed by atoms with E-state index in [4.69, 9.17) is 5.26 Å². The topological polar surface area (TPSA) is 85.2 Å². The van der Waals surface area contributed by atoms with E-state index >= 15 is 0 Å². The third-order valence-electron chi connectivity index (χ3n) is 4.24. The summed E-state index contributed by atoms with van der Waals surface area (Å²) >= 11 is 0. The number of carbonyl (C=O) groups is 1. The van der Waals surface area contributed by atoms with Crippen LogP contribution in [0.25, 0.3) is 0 Å². The fraction of sp³-hybridized carbons (Fsp3) is 0.333. The molecule has 1 N–H and O–H groups in total. The second-order valence-electron chi connectivity index (χ2n) is 5.87. The maximum Gasteiger partial charge on any atom is 0.219 e. The van der Waals surface area contributed by atoms with E-state index in [1.807, 2.05) is 17.0 Å². The number of nitrogens with one attached hydrogen (secondary N) is 1. The SMILES string of the molecule is CC(=O)N1CCN(c2ncccc2CNc2cc(C#N)ccn2)CC1. The van der Waals surface area contributed by atoms with Gasteiger partial charge in [0.1, 0.15) is 11.6 Å². The highest BCUT2D eigenvalue weighted by molar-refractivity contribution is 5.73. The van der Waals surface area contributed by atoms with Crippen LogP contribution in [0.2, 0.25) is 0 Å². The van der Waals surface area contributed by atoms with Gasteiger partial charge < -0.3 is 15.1 Å². The van der Waals surface area contributed by atoms with Gasteiger partial charge in [0.25, 0.3) is 0 Å². The molecule has 3 heterocycles. The van der Waals surface area contributed by atoms with Crippen molar-refractivity contribution in [2.75, 3.05) is 36.4 Å². The van der Waals surface area contributed by atoms with Gasteiger partial charge in [0.2, 0.25) is 5.91 Å². The van der Waals surface area contributed by atoms with Crippen LogP contribution in [0.4, 0.5) is 11.6 Å². The summed E-state index contributed by atoms with van der Waals surface area (Å²) < 4.78 is 0. The smallest absolute Gasteiger partial charge is 0.219 e. The summed E-state index contributed by atoms with van der Waals surface area (Å²) in [4.78, 5) is 24.3. The number of aromatic nitrogens is 2. The molecule has 0 spiro atoms. The van der Waals surface area contributed by atoms with E-state index in [0.717, 1.165) is 24.5 Å². The molecule has 25 heavy (non-hydrogen) atoms. The molecule has 0 bridgehead atoms. The minimum atomic E-state index is 0.117. The Morgan fingerprint density at radius 2 is 2.04 bits per heavy atom. The molecule has 0 aliphatic carbocycles. The first-order valence-electron chi connectivity index (χ1n) is 8.22. The first-order valence-corrected chi connectivity index (χ1v) is 8.22. The van der Waals surface area contributed by atoms with Crippen LogP contribution < -0.4 is 10.2 Å². The van der Waals surface area contributed by atoms with Crippen molar-refractivity contribution >= 4 is 17.5 Å². The second-order valence-corrected chi connectivity index (χ2v) is 5.87. The van der Waals surface area contributed by atoms with Crippen molar-refractivity contribution in [1.82, 2.24) is 14.9 Å². The second kappa shape index (κ2) is 7.62. The van der Waals surface area contributed by atoms with E-state index in [1.165, 1.54) is 0 Å². The Morgan fingerprint density at radius 1 is 1.24 bits per heavy atom. The van der Waals surface area contributed by atoms with Gasteiger partial charge in [-0.15, -0.1) is 0 Å². The van der Waals surface area contributed by atoms with Crippen LogP contribution in [0, 0.1) is 11.3 Å². The molecule has 1 aliphatic rings. The van der Waals surface area contributed by atoms with Crippen LogP contribution in [0.3, 0.4) is 0 Å². The Hall–Kier alpha value is -3.14. The zero-order chi connectivity index (χ0) is 17.6. The van der Waals surface area contributed by atoms with Crippen molar-refractivity contribution in [3.05, 3.63) is 47.8 Å². The van der Waals surface area contributed by atoms with Crippen molar-refractivity contribution in [3.63, 3.8) is 0 Å². The molecule has 7 heteroatoms. The van der Waals surface area contributed by atoms with Crippen LogP contribution in [0.15, 0.2) is 36.7 Å². The molecular formula is C18H20N6O. The molecule has 2 aromatic heterocycles. The summed E-state index contributed by atoms with van der Waals surface area (Å²) in [5, 5.41) is 12.2. The van der Waals surface area contributed by atoms with Crippen LogP contribution >= 0.6 is 0 Å². The lowest BCUT2D eigenvalue weighted by Crippen LogP contribution is -2.48. The van der Waals surface area contributed by atoms with Crippen LogP contribution in [-0.4, -0.2) is 47.0 Å². The van der Waals surface area contributed by atoms with Crippen molar-refractivity contribution in [2.24, 2.45) is 0 Å². The predicted molar refractivity (Wildman–Crippen MR) is 95.0 cm³/mol. The monoisotopic (exact) mass is 336 g/mol. The van der Waals surface area contributed by atoms with E-state index in [-0.39, 0.29) is 5.91 Å². The average Bonchev–Trinajstić information content (AvgIpc) is 2.67. The van der Waals surface area contributed by atoms with Gasteiger partial charge in [-0.3, -0.25) is 4.79 Å². The quantitative estimate of drug-likeness (QED) is 0.913. The number of hydrogen-bond acceptors (Lipinski definition) is 6. The molecule has 1 amide bonds. The number of hydrogen-bond donors (Lipinski definition) is 1. The molecule has 2 aromatic rings. The van der Waals surface area contributed by atoms with Crippen molar-refractivity contribution in [3.8, 4) is 6.07 Å². The third-order valence-corrected chi connectivity index (χ3v) is 4.24. The third kappa shape index (κ3) is 4.04. The summed E-state index contributed by atoms with van der Waals surface area (Å²) in [5.41, 5.74) is 1.63. The fourth-order valence-corrected chi connectivity index (χ4v) is 2.87. The van der Waals surface area contributed by atoms with Crippen LogP contribution in [-0.2, 0) is 11.3 Å². The minimum Gasteiger partial charge on any atom is -0.366 e. The molecule has 0 saturated carbocycles. The van der Waals surface area contributed by atoms with E-state index in [1.54, 1.807) is 31.5 Å². The summed E-state index contributed by atoms with van der Waals surface area (Å²) in [6, 6.07) is 9.45. The van der Waals surface area contributed by atoms with Crippen LogP contribution in [0.5, 0.6) is 0 Å². The number of piperazine rings is 1. The van der Waals surface area contributed by atoms with Gasteiger partial charge in [-0.1, -0.05) is 6.07 Å². The molecule has 1 fully saturated rings. The number of anilines is 2. The van der Waals surface area contributed by atoms with Crippen LogP contribution in [0.1, 0.15) is 18.1 Å². The zero-order valence-corrected chi connectivity index (χ0v) is 14.1. The van der Waals surface area contributed by atoms with E-state index in [0.29, 0.717) is 31.0 Å². The highest BCUT2D eigenvalue weighted by Gasteiger charge is 2.21. The summed E-state index contributed by atoms with van der Waals surface area (Å²) in [6.45, 7) is 5.14. The number of carbonyl (C=O) groups excluding carboxylic acids is 1. The van der Waals surface area contributed by atoms with Gasteiger partial charge in [-0.2, -0.15) is 5.26 Å². The Labute approximate surface area is 146 Å². The summed E-state index contributed by atoms with van der Waals surface area (Å²) in [5.74, 6) is 1.70. The fourth-order valence-electron chi connectivity index (χ4n) is 2.87. The highest BCUT2D eigenvalue weighted by Crippen LogP contribution is 2.20. The minimum absolute atomic E-state index is 0.117. The average molecular weight is 336 g/mol. The molecule has 1 aliphatic heterocycles. The van der Waals surface area contributed by atoms with Gasteiger partial charge in [-0.05, 0) is 18.2 Å². The molecule has 0 aromatic carbocycles. The zero-order valence-electron chi connectivity index (χ0n) is 14.1. The molecule has 128 valence electrons. The Morgan fingerprint density at radius 3 is 2.76 bits per heavy atom. The highest BCUT2D eigenvalue weighted by atomic mass is 16.2. The van der Waals surface area contributed by atoms with Crippen molar-refractivity contribution in [2.45, 2.75) is 13.5 Å². The first kappa shape index (κ1) is 16.7. The summed E-state index contributed by atoms with van der Waals surface area (Å²) in [7, 11) is 0. The van der Waals surface area contributed by atoms with E-state index in [2.05, 4.69) is 26.3 Å². The number of amides is 1. The van der Waals surface area contributed by atoms with Gasteiger partial charge in [0, 0.05) is 57.6 Å². The lowest BCUT2D eigenvalue weighted by Gasteiger charge is -2.35. The molecule has 7 nitrogen and oxygen atoms in total. The van der Waals surface area contributed by atoms with Gasteiger partial charge >= 0.3 is 0 Å². The lowest BCUT2D eigenvalue weighted by molar-refractivity contribution is -0.129. The first-order chi connectivity index (χ1) is 12.2. The number of nitrogens with zero attached hydrogens (tertiary/aromatic N) is 5. The molecular weight excluding hydrogens is 316 g/mol. The van der Waals surface area contributed by atoms with Crippen molar-refractivity contribution in [1.29, 1.82) is 5.26 Å². The van der Waals surface area contributed by atoms with Crippen molar-refractivity contribution < 1.29 is 4.79 Å². The Bertz CT molecular complexity index is 792. The van der Waals surface area contributed by atoms with Gasteiger partial charge in [0.05, 0.1) is 11.6 Å². The predicted octanol–water partition coefficient (Wildman–Crippen LogP) is 1.63. The maximum atomic E-state index is 11.5. The molecule has 0 radical (unpaired) electrons. The van der Waals surface area contributed by atoms with E-state index in [9.17, 15) is 4.79 Å². The molecule has 3 rings (SSSR count). The molecule has 1 saturated heterocycles. The maximum absolute atomic E-state index is 11.5. The lowest BCUT2D eigenvalue weighted by atomic mass is 10.2. The molecule has 0 atom stereocenters.